The Bertz CT molecular complexity index is 654. The molecule has 108 valence electrons. The predicted octanol–water partition coefficient (Wildman–Crippen LogP) is 3.92. The first kappa shape index (κ1) is 14.1. The fourth-order valence-electron chi connectivity index (χ4n) is 2.45. The summed E-state index contributed by atoms with van der Waals surface area (Å²) in [6.07, 6.45) is 2.66. The molecule has 1 aromatic heterocycles. The average molecular weight is 298 g/mol. The van der Waals surface area contributed by atoms with Gasteiger partial charge in [0.05, 0.1) is 11.3 Å². The highest BCUT2D eigenvalue weighted by Gasteiger charge is 2.24. The van der Waals surface area contributed by atoms with Gasteiger partial charge in [-0.3, -0.25) is 9.78 Å². The van der Waals surface area contributed by atoms with E-state index in [1.807, 2.05) is 53.9 Å². The van der Waals surface area contributed by atoms with Crippen LogP contribution < -0.4 is 4.90 Å². The van der Waals surface area contributed by atoms with Gasteiger partial charge in [0, 0.05) is 28.6 Å². The highest BCUT2D eigenvalue weighted by Crippen LogP contribution is 2.37. The topological polar surface area (TPSA) is 33.2 Å². The summed E-state index contributed by atoms with van der Waals surface area (Å²) in [4.78, 5) is 20.1. The van der Waals surface area contributed by atoms with Crippen molar-refractivity contribution in [3.63, 3.8) is 0 Å². The van der Waals surface area contributed by atoms with E-state index in [0.717, 1.165) is 24.3 Å². The smallest absolute Gasteiger partial charge is 0.259 e. The Hall–Kier alpha value is -1.81. The first-order valence-electron chi connectivity index (χ1n) is 7.15. The lowest BCUT2D eigenvalue weighted by molar-refractivity contribution is 0.0986. The Morgan fingerprint density at radius 1 is 1.29 bits per heavy atom. The number of carbonyl (C=O) groups excluding carboxylic acids is 1. The fourth-order valence-corrected chi connectivity index (χ4v) is 3.56. The number of amides is 1. The molecule has 4 heteroatoms. The lowest BCUT2D eigenvalue weighted by Crippen LogP contribution is -2.32. The molecule has 0 fully saturated rings. The molecule has 1 aromatic carbocycles. The number of para-hydroxylation sites is 1. The molecule has 0 saturated carbocycles. The van der Waals surface area contributed by atoms with E-state index in [0.29, 0.717) is 10.8 Å². The first-order chi connectivity index (χ1) is 10.1. The minimum atomic E-state index is 0.0321. The van der Waals surface area contributed by atoms with Crippen molar-refractivity contribution >= 4 is 23.4 Å². The van der Waals surface area contributed by atoms with Gasteiger partial charge in [-0.15, -0.1) is 11.8 Å². The second-order valence-corrected chi connectivity index (χ2v) is 6.81. The SMILES string of the molecule is Cc1ccc(C(=O)N2CCC(C)Sc3ccccc32)cn1. The molecular weight excluding hydrogens is 280 g/mol. The predicted molar refractivity (Wildman–Crippen MR) is 87.0 cm³/mol. The molecule has 3 nitrogen and oxygen atoms in total. The van der Waals surface area contributed by atoms with Gasteiger partial charge in [-0.05, 0) is 37.6 Å². The van der Waals surface area contributed by atoms with Crippen LogP contribution in [-0.2, 0) is 0 Å². The maximum absolute atomic E-state index is 12.8. The van der Waals surface area contributed by atoms with Gasteiger partial charge in [0.15, 0.2) is 0 Å². The number of carbonyl (C=O) groups is 1. The Labute approximate surface area is 129 Å². The molecule has 21 heavy (non-hydrogen) atoms. The molecule has 0 radical (unpaired) electrons. The van der Waals surface area contributed by atoms with Gasteiger partial charge in [-0.25, -0.2) is 0 Å². The number of anilines is 1. The molecule has 1 amide bonds. The van der Waals surface area contributed by atoms with E-state index < -0.39 is 0 Å². The third-order valence-corrected chi connectivity index (χ3v) is 4.88. The first-order valence-corrected chi connectivity index (χ1v) is 8.03. The van der Waals surface area contributed by atoms with Gasteiger partial charge in [0.2, 0.25) is 0 Å². The standard InChI is InChI=1S/C17H18N2OS/c1-12-7-8-14(11-18-12)17(20)19-10-9-13(2)21-16-6-4-3-5-15(16)19/h3-8,11,13H,9-10H2,1-2H3. The van der Waals surface area contributed by atoms with Gasteiger partial charge >= 0.3 is 0 Å². The molecule has 1 unspecified atom stereocenters. The van der Waals surface area contributed by atoms with Crippen molar-refractivity contribution in [3.05, 3.63) is 53.9 Å². The molecule has 1 aliphatic rings. The zero-order chi connectivity index (χ0) is 14.8. The highest BCUT2D eigenvalue weighted by molar-refractivity contribution is 8.00. The van der Waals surface area contributed by atoms with Crippen LogP contribution in [0.3, 0.4) is 0 Å². The summed E-state index contributed by atoms with van der Waals surface area (Å²) in [5.74, 6) is 0.0321. The summed E-state index contributed by atoms with van der Waals surface area (Å²) >= 11 is 1.84. The second-order valence-electron chi connectivity index (χ2n) is 5.33. The summed E-state index contributed by atoms with van der Waals surface area (Å²) in [5, 5.41) is 0.514. The quantitative estimate of drug-likeness (QED) is 0.800. The van der Waals surface area contributed by atoms with E-state index in [9.17, 15) is 4.79 Å². The number of benzene rings is 1. The van der Waals surface area contributed by atoms with Crippen LogP contribution in [0, 0.1) is 6.92 Å². The number of fused-ring (bicyclic) bond motifs is 1. The van der Waals surface area contributed by atoms with Crippen LogP contribution in [0.2, 0.25) is 0 Å². The molecule has 2 aromatic rings. The second kappa shape index (κ2) is 5.90. The molecule has 1 atom stereocenters. The molecule has 1 aliphatic heterocycles. The maximum atomic E-state index is 12.8. The molecule has 0 spiro atoms. The van der Waals surface area contributed by atoms with Gasteiger partial charge in [0.25, 0.3) is 5.91 Å². The summed E-state index contributed by atoms with van der Waals surface area (Å²) in [7, 11) is 0. The third-order valence-electron chi connectivity index (χ3n) is 3.65. The molecule has 2 heterocycles. The normalized spacial score (nSPS) is 18.0. The van der Waals surface area contributed by atoms with Crippen LogP contribution in [0.15, 0.2) is 47.5 Å². The van der Waals surface area contributed by atoms with Crippen LogP contribution in [-0.4, -0.2) is 22.7 Å². The van der Waals surface area contributed by atoms with Gasteiger partial charge in [-0.1, -0.05) is 19.1 Å². The molecular formula is C17H18N2OS. The van der Waals surface area contributed by atoms with Gasteiger partial charge in [0.1, 0.15) is 0 Å². The van der Waals surface area contributed by atoms with E-state index >= 15 is 0 Å². The number of hydrogen-bond acceptors (Lipinski definition) is 3. The van der Waals surface area contributed by atoms with Crippen molar-refractivity contribution in [2.24, 2.45) is 0 Å². The zero-order valence-electron chi connectivity index (χ0n) is 12.2. The minimum Gasteiger partial charge on any atom is -0.307 e. The van der Waals surface area contributed by atoms with E-state index in [1.165, 1.54) is 4.90 Å². The molecule has 3 rings (SSSR count). The van der Waals surface area contributed by atoms with Crippen LogP contribution in [0.25, 0.3) is 0 Å². The van der Waals surface area contributed by atoms with Crippen LogP contribution >= 0.6 is 11.8 Å². The van der Waals surface area contributed by atoms with Gasteiger partial charge in [-0.2, -0.15) is 0 Å². The fraction of sp³-hybridized carbons (Fsp3) is 0.294. The van der Waals surface area contributed by atoms with Crippen molar-refractivity contribution in [1.29, 1.82) is 0 Å². The highest BCUT2D eigenvalue weighted by atomic mass is 32.2. The lowest BCUT2D eigenvalue weighted by atomic mass is 10.2. The van der Waals surface area contributed by atoms with E-state index in [4.69, 9.17) is 0 Å². The summed E-state index contributed by atoms with van der Waals surface area (Å²) < 4.78 is 0. The number of aromatic nitrogens is 1. The van der Waals surface area contributed by atoms with Crippen molar-refractivity contribution in [3.8, 4) is 0 Å². The van der Waals surface area contributed by atoms with E-state index in [2.05, 4.69) is 18.0 Å². The average Bonchev–Trinajstić information content (AvgIpc) is 2.65. The Kier molecular flexibility index (Phi) is 3.97. The molecule has 0 N–H and O–H groups in total. The Morgan fingerprint density at radius 3 is 2.86 bits per heavy atom. The van der Waals surface area contributed by atoms with Crippen LogP contribution in [0.5, 0.6) is 0 Å². The Morgan fingerprint density at radius 2 is 2.10 bits per heavy atom. The third kappa shape index (κ3) is 2.95. The number of nitrogens with zero attached hydrogens (tertiary/aromatic N) is 2. The zero-order valence-corrected chi connectivity index (χ0v) is 13.1. The Balaban J connectivity index is 1.97. The maximum Gasteiger partial charge on any atom is 0.259 e. The van der Waals surface area contributed by atoms with Crippen LogP contribution in [0.4, 0.5) is 5.69 Å². The summed E-state index contributed by atoms with van der Waals surface area (Å²) in [6, 6.07) is 11.9. The largest absolute Gasteiger partial charge is 0.307 e. The van der Waals surface area contributed by atoms with Crippen molar-refractivity contribution in [1.82, 2.24) is 4.98 Å². The number of aryl methyl sites for hydroxylation is 1. The molecule has 0 bridgehead atoms. The van der Waals surface area contributed by atoms with E-state index in [-0.39, 0.29) is 5.91 Å². The van der Waals surface area contributed by atoms with Gasteiger partial charge < -0.3 is 4.90 Å². The minimum absolute atomic E-state index is 0.0321. The number of thioether (sulfide) groups is 1. The van der Waals surface area contributed by atoms with Crippen molar-refractivity contribution in [2.45, 2.75) is 30.4 Å². The van der Waals surface area contributed by atoms with Crippen molar-refractivity contribution < 1.29 is 4.79 Å². The summed E-state index contributed by atoms with van der Waals surface area (Å²) in [5.41, 5.74) is 2.58. The van der Waals surface area contributed by atoms with Crippen LogP contribution in [0.1, 0.15) is 29.4 Å². The monoisotopic (exact) mass is 298 g/mol. The number of hydrogen-bond donors (Lipinski definition) is 0. The molecule has 0 aliphatic carbocycles. The number of pyridine rings is 1. The summed E-state index contributed by atoms with van der Waals surface area (Å²) in [6.45, 7) is 4.88. The molecule has 0 saturated heterocycles. The lowest BCUT2D eigenvalue weighted by Gasteiger charge is -2.22. The number of rotatable bonds is 1. The van der Waals surface area contributed by atoms with E-state index in [1.54, 1.807) is 6.20 Å². The van der Waals surface area contributed by atoms with Crippen molar-refractivity contribution in [2.75, 3.05) is 11.4 Å².